The van der Waals surface area contributed by atoms with Crippen molar-refractivity contribution in [1.29, 1.82) is 0 Å². The Hall–Kier alpha value is -0.610. The fourth-order valence-electron chi connectivity index (χ4n) is 0.377. The maximum atomic E-state index is 10.1. The van der Waals surface area contributed by atoms with Gasteiger partial charge in [-0.25, -0.2) is 0 Å². The highest BCUT2D eigenvalue weighted by Crippen LogP contribution is 1.91. The molecule has 5 N–H and O–H groups in total. The predicted octanol–water partition coefficient (Wildman–Crippen LogP) is -0.863. The van der Waals surface area contributed by atoms with E-state index in [9.17, 15) is 4.79 Å². The Morgan fingerprint density at radius 3 is 2.78 bits per heavy atom. The Morgan fingerprint density at radius 2 is 2.44 bits per heavy atom. The summed E-state index contributed by atoms with van der Waals surface area (Å²) in [6.07, 6.45) is -0.462. The largest absolute Gasteiger partial charge is 0.480 e. The van der Waals surface area contributed by atoms with Crippen LogP contribution in [0, 0.1) is 0 Å². The lowest BCUT2D eigenvalue weighted by molar-refractivity contribution is -0.138. The molecule has 0 heterocycles. The van der Waals surface area contributed by atoms with Gasteiger partial charge in [-0.1, -0.05) is 0 Å². The molecule has 0 bridgehead atoms. The van der Waals surface area contributed by atoms with Crippen molar-refractivity contribution < 1.29 is 11.3 Å². The van der Waals surface area contributed by atoms with Crippen LogP contribution in [0.4, 0.5) is 0 Å². The average Bonchev–Trinajstić information content (AvgIpc) is 1.87. The minimum atomic E-state index is -1.14. The third kappa shape index (κ3) is 3.93. The summed E-state index contributed by atoms with van der Waals surface area (Å²) < 4.78 is 7.12. The molecule has 9 heavy (non-hydrogen) atoms. The Bertz CT molecular complexity index is 120. The summed E-state index contributed by atoms with van der Waals surface area (Å²) in [4.78, 5) is 10.1. The van der Waals surface area contributed by atoms with Crippen LogP contribution in [0.25, 0.3) is 0 Å². The fourth-order valence-corrected chi connectivity index (χ4v) is 0.377. The molecule has 0 rings (SSSR count). The zero-order valence-corrected chi connectivity index (χ0v) is 5.08. The second kappa shape index (κ2) is 4.29. The van der Waals surface area contributed by atoms with Crippen LogP contribution in [0.1, 0.15) is 14.2 Å². The Kier molecular flexibility index (Phi) is 3.10. The van der Waals surface area contributed by atoms with Gasteiger partial charge in [0.05, 0.1) is 0 Å². The zero-order chi connectivity index (χ0) is 8.15. The first-order chi connectivity index (χ1) is 4.59. The maximum Gasteiger partial charge on any atom is 0.320 e. The van der Waals surface area contributed by atoms with E-state index in [4.69, 9.17) is 17.9 Å². The molecular weight excluding hydrogens is 120 g/mol. The Morgan fingerprint density at radius 1 is 1.89 bits per heavy atom. The second-order valence-corrected chi connectivity index (χ2v) is 1.68. The normalized spacial score (nSPS) is 18.2. The quantitative estimate of drug-likeness (QED) is 0.465. The van der Waals surface area contributed by atoms with E-state index < -0.39 is 18.4 Å². The van der Waals surface area contributed by atoms with Crippen LogP contribution in [0.3, 0.4) is 0 Å². The topological polar surface area (TPSA) is 89.3 Å². The van der Waals surface area contributed by atoms with Crippen LogP contribution in [0.2, 0.25) is 0 Å². The number of carboxylic acids is 1. The van der Waals surface area contributed by atoms with E-state index in [0.717, 1.165) is 0 Å². The molecular formula is C5H12N2O2. The third-order valence-electron chi connectivity index (χ3n) is 0.872. The smallest absolute Gasteiger partial charge is 0.320 e. The molecule has 0 aromatic carbocycles. The van der Waals surface area contributed by atoms with Gasteiger partial charge in [-0.15, -0.1) is 0 Å². The van der Waals surface area contributed by atoms with E-state index in [2.05, 4.69) is 0 Å². The number of hydrogen-bond acceptors (Lipinski definition) is 3. The van der Waals surface area contributed by atoms with Crippen LogP contribution in [-0.2, 0) is 4.79 Å². The highest BCUT2D eigenvalue weighted by molar-refractivity contribution is 5.72. The lowest BCUT2D eigenvalue weighted by Crippen LogP contribution is -2.30. The molecule has 54 valence electrons. The SMILES string of the molecule is [2H]C(CCN)[C@H](N)C(=O)O. The molecule has 0 aromatic heterocycles. The van der Waals surface area contributed by atoms with Crippen molar-refractivity contribution in [2.24, 2.45) is 11.5 Å². The van der Waals surface area contributed by atoms with Gasteiger partial charge in [0.25, 0.3) is 0 Å². The highest BCUT2D eigenvalue weighted by atomic mass is 16.4. The lowest BCUT2D eigenvalue weighted by atomic mass is 10.2. The number of carboxylic acid groups (broad SMARTS) is 1. The van der Waals surface area contributed by atoms with Gasteiger partial charge in [0.1, 0.15) is 6.04 Å². The lowest BCUT2D eigenvalue weighted by Gasteiger charge is -2.02. The van der Waals surface area contributed by atoms with Crippen LogP contribution in [-0.4, -0.2) is 23.7 Å². The van der Waals surface area contributed by atoms with E-state index in [1.807, 2.05) is 0 Å². The van der Waals surface area contributed by atoms with Crippen molar-refractivity contribution in [2.75, 3.05) is 6.54 Å². The molecule has 0 aliphatic carbocycles. The van der Waals surface area contributed by atoms with Crippen molar-refractivity contribution >= 4 is 5.97 Å². The standard InChI is InChI=1S/C5H12N2O2/c6-3-1-2-4(7)5(8)9/h4H,1-3,6-7H2,(H,8,9)/t4-/m0/s1/i2D/t2?,4-. The molecule has 0 spiro atoms. The van der Waals surface area contributed by atoms with Gasteiger partial charge in [-0.2, -0.15) is 0 Å². The van der Waals surface area contributed by atoms with E-state index in [1.165, 1.54) is 0 Å². The number of hydrogen-bond donors (Lipinski definition) is 3. The molecule has 0 amide bonds. The number of aliphatic carboxylic acids is 1. The summed E-state index contributed by atoms with van der Waals surface area (Å²) in [5.41, 5.74) is 10.2. The van der Waals surface area contributed by atoms with Crippen molar-refractivity contribution in [3.63, 3.8) is 0 Å². The average molecular weight is 133 g/mol. The molecule has 0 saturated heterocycles. The first-order valence-electron chi connectivity index (χ1n) is 3.28. The van der Waals surface area contributed by atoms with Gasteiger partial charge in [-0.3, -0.25) is 4.79 Å². The summed E-state index contributed by atoms with van der Waals surface area (Å²) in [5.74, 6) is -1.14. The molecule has 0 aromatic rings. The summed E-state index contributed by atoms with van der Waals surface area (Å²) in [7, 11) is 0. The molecule has 2 atom stereocenters. The highest BCUT2D eigenvalue weighted by Gasteiger charge is 2.08. The fraction of sp³-hybridized carbons (Fsp3) is 0.800. The van der Waals surface area contributed by atoms with E-state index in [-0.39, 0.29) is 0 Å². The van der Waals surface area contributed by atoms with Crippen molar-refractivity contribution in [1.82, 2.24) is 0 Å². The van der Waals surface area contributed by atoms with Gasteiger partial charge in [0.2, 0.25) is 0 Å². The summed E-state index contributed by atoms with van der Waals surface area (Å²) in [6.45, 7) is 0.301. The zero-order valence-electron chi connectivity index (χ0n) is 6.08. The molecule has 0 fully saturated rings. The molecule has 0 aliphatic heterocycles. The Balaban J connectivity index is 3.69. The molecule has 4 nitrogen and oxygen atoms in total. The number of nitrogens with two attached hydrogens (primary N) is 2. The van der Waals surface area contributed by atoms with Crippen LogP contribution in [0.5, 0.6) is 0 Å². The van der Waals surface area contributed by atoms with Gasteiger partial charge >= 0.3 is 5.97 Å². The van der Waals surface area contributed by atoms with Crippen LogP contribution >= 0.6 is 0 Å². The predicted molar refractivity (Wildman–Crippen MR) is 33.9 cm³/mol. The van der Waals surface area contributed by atoms with Crippen molar-refractivity contribution in [3.8, 4) is 0 Å². The van der Waals surface area contributed by atoms with E-state index >= 15 is 0 Å². The van der Waals surface area contributed by atoms with E-state index in [0.29, 0.717) is 13.0 Å². The minimum absolute atomic E-state index is 0.301. The van der Waals surface area contributed by atoms with E-state index in [1.54, 1.807) is 0 Å². The molecule has 0 aliphatic rings. The van der Waals surface area contributed by atoms with Gasteiger partial charge in [0, 0.05) is 1.37 Å². The maximum absolute atomic E-state index is 10.1. The van der Waals surface area contributed by atoms with Crippen molar-refractivity contribution in [2.45, 2.75) is 18.9 Å². The number of carbonyl (C=O) groups is 1. The Labute approximate surface area is 55.2 Å². The first-order valence-corrected chi connectivity index (χ1v) is 2.70. The first kappa shape index (κ1) is 6.51. The number of rotatable bonds is 4. The summed E-state index contributed by atoms with van der Waals surface area (Å²) >= 11 is 0. The summed E-state index contributed by atoms with van der Waals surface area (Å²) in [6, 6.07) is -1.11. The minimum Gasteiger partial charge on any atom is -0.480 e. The molecule has 4 heteroatoms. The van der Waals surface area contributed by atoms with Crippen LogP contribution in [0.15, 0.2) is 0 Å². The third-order valence-corrected chi connectivity index (χ3v) is 0.872. The van der Waals surface area contributed by atoms with Gasteiger partial charge in [0.15, 0.2) is 0 Å². The second-order valence-electron chi connectivity index (χ2n) is 1.68. The van der Waals surface area contributed by atoms with Crippen LogP contribution < -0.4 is 11.5 Å². The van der Waals surface area contributed by atoms with Crippen molar-refractivity contribution in [3.05, 3.63) is 0 Å². The molecule has 0 radical (unpaired) electrons. The monoisotopic (exact) mass is 133 g/mol. The molecule has 0 saturated carbocycles. The molecule has 1 unspecified atom stereocenters. The summed E-state index contributed by atoms with van der Waals surface area (Å²) in [5, 5.41) is 8.29. The van der Waals surface area contributed by atoms with Gasteiger partial charge in [-0.05, 0) is 19.4 Å². The van der Waals surface area contributed by atoms with Gasteiger partial charge < -0.3 is 16.6 Å².